The van der Waals surface area contributed by atoms with Crippen LogP contribution < -0.4 is 5.73 Å². The number of nitrogens with two attached hydrogens (primary N) is 1. The van der Waals surface area contributed by atoms with Gasteiger partial charge in [-0.1, -0.05) is 35.3 Å². The van der Waals surface area contributed by atoms with Gasteiger partial charge in [-0.05, 0) is 24.3 Å². The molecule has 0 saturated carbocycles. The van der Waals surface area contributed by atoms with Crippen LogP contribution in [0.25, 0.3) is 0 Å². The Labute approximate surface area is 119 Å². The van der Waals surface area contributed by atoms with Crippen LogP contribution in [-0.4, -0.2) is 6.54 Å². The third kappa shape index (κ3) is 3.39. The maximum absolute atomic E-state index is 6.13. The van der Waals surface area contributed by atoms with Gasteiger partial charge in [-0.15, -0.1) is 23.1 Å². The molecule has 2 aromatic rings. The van der Waals surface area contributed by atoms with Crippen molar-refractivity contribution in [3.05, 3.63) is 50.6 Å². The molecule has 2 N–H and O–H groups in total. The van der Waals surface area contributed by atoms with Crippen LogP contribution in [0.3, 0.4) is 0 Å². The van der Waals surface area contributed by atoms with Gasteiger partial charge in [0.2, 0.25) is 0 Å². The van der Waals surface area contributed by atoms with E-state index in [0.29, 0.717) is 6.54 Å². The lowest BCUT2D eigenvalue weighted by atomic mass is 10.3. The first kappa shape index (κ1) is 13.2. The van der Waals surface area contributed by atoms with Crippen LogP contribution >= 0.6 is 46.3 Å². The highest BCUT2D eigenvalue weighted by molar-refractivity contribution is 7.99. The zero-order valence-electron chi connectivity index (χ0n) is 8.90. The van der Waals surface area contributed by atoms with Crippen molar-refractivity contribution in [1.29, 1.82) is 0 Å². The van der Waals surface area contributed by atoms with Gasteiger partial charge >= 0.3 is 0 Å². The molecule has 0 spiro atoms. The maximum atomic E-state index is 6.13. The Morgan fingerprint density at radius 3 is 2.53 bits per heavy atom. The van der Waals surface area contributed by atoms with Crippen LogP contribution in [0.2, 0.25) is 9.36 Å². The Kier molecular flexibility index (Phi) is 4.77. The minimum atomic E-state index is 0.201. The summed E-state index contributed by atoms with van der Waals surface area (Å²) in [5.41, 5.74) is 5.81. The van der Waals surface area contributed by atoms with Crippen LogP contribution in [-0.2, 0) is 0 Å². The van der Waals surface area contributed by atoms with Gasteiger partial charge in [-0.2, -0.15) is 0 Å². The number of hydrogen-bond donors (Lipinski definition) is 1. The molecule has 0 saturated heterocycles. The van der Waals surface area contributed by atoms with Gasteiger partial charge in [0.15, 0.2) is 0 Å². The average molecular weight is 304 g/mol. The Morgan fingerprint density at radius 1 is 1.18 bits per heavy atom. The second-order valence-electron chi connectivity index (χ2n) is 3.41. The quantitative estimate of drug-likeness (QED) is 0.817. The zero-order chi connectivity index (χ0) is 12.3. The molecule has 0 radical (unpaired) electrons. The molecule has 0 aliphatic carbocycles. The van der Waals surface area contributed by atoms with Gasteiger partial charge in [0, 0.05) is 16.3 Å². The van der Waals surface area contributed by atoms with Crippen molar-refractivity contribution in [3.8, 4) is 0 Å². The molecule has 90 valence electrons. The van der Waals surface area contributed by atoms with E-state index in [-0.39, 0.29) is 5.25 Å². The number of halogens is 2. The normalized spacial score (nSPS) is 12.6. The molecule has 5 heteroatoms. The fourth-order valence-electron chi connectivity index (χ4n) is 1.42. The second kappa shape index (κ2) is 6.12. The van der Waals surface area contributed by atoms with Crippen molar-refractivity contribution in [2.45, 2.75) is 10.1 Å². The molecule has 0 amide bonds. The van der Waals surface area contributed by atoms with Crippen molar-refractivity contribution >= 4 is 46.3 Å². The predicted molar refractivity (Wildman–Crippen MR) is 78.4 cm³/mol. The highest BCUT2D eigenvalue weighted by Crippen LogP contribution is 2.41. The van der Waals surface area contributed by atoms with Crippen molar-refractivity contribution in [2.24, 2.45) is 5.73 Å². The first-order valence-corrected chi connectivity index (χ1v) is 7.52. The zero-order valence-corrected chi connectivity index (χ0v) is 12.0. The average Bonchev–Trinajstić information content (AvgIpc) is 2.75. The van der Waals surface area contributed by atoms with Gasteiger partial charge in [0.05, 0.1) is 14.6 Å². The van der Waals surface area contributed by atoms with Gasteiger partial charge in [0.25, 0.3) is 0 Å². The van der Waals surface area contributed by atoms with Gasteiger partial charge < -0.3 is 5.73 Å². The standard InChI is InChI=1S/C12H11Cl2NS2/c13-8-3-1-2-4-9(8)16-11(7-15)10-5-6-12(14)17-10/h1-6,11H,7,15H2. The summed E-state index contributed by atoms with van der Waals surface area (Å²) in [5.74, 6) is 0. The minimum absolute atomic E-state index is 0.201. The molecule has 0 bridgehead atoms. The molecule has 1 aromatic carbocycles. The molecule has 1 heterocycles. The third-order valence-corrected chi connectivity index (χ3v) is 5.51. The summed E-state index contributed by atoms with van der Waals surface area (Å²) in [5, 5.41) is 0.964. The summed E-state index contributed by atoms with van der Waals surface area (Å²) in [6.45, 7) is 0.562. The molecule has 1 nitrogen and oxygen atoms in total. The lowest BCUT2D eigenvalue weighted by Crippen LogP contribution is -2.07. The van der Waals surface area contributed by atoms with E-state index >= 15 is 0 Å². The monoisotopic (exact) mass is 303 g/mol. The molecule has 17 heavy (non-hydrogen) atoms. The lowest BCUT2D eigenvalue weighted by Gasteiger charge is -2.13. The maximum Gasteiger partial charge on any atom is 0.0931 e. The summed E-state index contributed by atoms with van der Waals surface area (Å²) in [6.07, 6.45) is 0. The largest absolute Gasteiger partial charge is 0.329 e. The van der Waals surface area contributed by atoms with Gasteiger partial charge in [-0.25, -0.2) is 0 Å². The first-order chi connectivity index (χ1) is 8.20. The van der Waals surface area contributed by atoms with E-state index in [9.17, 15) is 0 Å². The van der Waals surface area contributed by atoms with Crippen molar-refractivity contribution in [2.75, 3.05) is 6.54 Å². The number of rotatable bonds is 4. The van der Waals surface area contributed by atoms with Crippen LogP contribution in [0, 0.1) is 0 Å². The van der Waals surface area contributed by atoms with E-state index in [1.165, 1.54) is 4.88 Å². The molecule has 1 atom stereocenters. The van der Waals surface area contributed by atoms with Crippen LogP contribution in [0.4, 0.5) is 0 Å². The summed E-state index contributed by atoms with van der Waals surface area (Å²) < 4.78 is 0.790. The number of hydrogen-bond acceptors (Lipinski definition) is 3. The first-order valence-electron chi connectivity index (χ1n) is 5.07. The minimum Gasteiger partial charge on any atom is -0.329 e. The molecule has 0 aliphatic rings. The summed E-state index contributed by atoms with van der Waals surface area (Å²) in [6, 6.07) is 11.7. The Hall–Kier alpha value is -0.190. The molecule has 0 fully saturated rings. The summed E-state index contributed by atoms with van der Waals surface area (Å²) >= 11 is 15.3. The Morgan fingerprint density at radius 2 is 1.94 bits per heavy atom. The topological polar surface area (TPSA) is 26.0 Å². The summed E-state index contributed by atoms with van der Waals surface area (Å²) in [4.78, 5) is 2.23. The molecular weight excluding hydrogens is 293 g/mol. The predicted octanol–water partition coefficient (Wildman–Crippen LogP) is 4.85. The van der Waals surface area contributed by atoms with Crippen LogP contribution in [0.15, 0.2) is 41.3 Å². The highest BCUT2D eigenvalue weighted by atomic mass is 35.5. The smallest absolute Gasteiger partial charge is 0.0931 e. The second-order valence-corrected chi connectivity index (χ2v) is 6.81. The fourth-order valence-corrected chi connectivity index (χ4v) is 3.97. The van der Waals surface area contributed by atoms with E-state index < -0.39 is 0 Å². The molecular formula is C12H11Cl2NS2. The fraction of sp³-hybridized carbons (Fsp3) is 0.167. The summed E-state index contributed by atoms with van der Waals surface area (Å²) in [7, 11) is 0. The number of thiophene rings is 1. The highest BCUT2D eigenvalue weighted by Gasteiger charge is 2.15. The van der Waals surface area contributed by atoms with Gasteiger partial charge in [0.1, 0.15) is 0 Å². The molecule has 1 unspecified atom stereocenters. The van der Waals surface area contributed by atoms with Crippen LogP contribution in [0.5, 0.6) is 0 Å². The van der Waals surface area contributed by atoms with E-state index in [1.807, 2.05) is 36.4 Å². The number of benzene rings is 1. The SMILES string of the molecule is NCC(Sc1ccccc1Cl)c1ccc(Cl)s1. The molecule has 0 aliphatic heterocycles. The Bertz CT molecular complexity index is 499. The Balaban J connectivity index is 2.18. The van der Waals surface area contributed by atoms with Crippen molar-refractivity contribution < 1.29 is 0 Å². The van der Waals surface area contributed by atoms with Crippen molar-refractivity contribution in [1.82, 2.24) is 0 Å². The molecule has 2 rings (SSSR count). The van der Waals surface area contributed by atoms with E-state index in [4.69, 9.17) is 28.9 Å². The number of thioether (sulfide) groups is 1. The van der Waals surface area contributed by atoms with E-state index in [2.05, 4.69) is 0 Å². The third-order valence-electron chi connectivity index (χ3n) is 2.23. The molecule has 1 aromatic heterocycles. The lowest BCUT2D eigenvalue weighted by molar-refractivity contribution is 0.960. The van der Waals surface area contributed by atoms with Gasteiger partial charge in [-0.3, -0.25) is 0 Å². The van der Waals surface area contributed by atoms with Crippen molar-refractivity contribution in [3.63, 3.8) is 0 Å². The van der Waals surface area contributed by atoms with E-state index in [1.54, 1.807) is 23.1 Å². The van der Waals surface area contributed by atoms with E-state index in [0.717, 1.165) is 14.3 Å². The van der Waals surface area contributed by atoms with Crippen LogP contribution in [0.1, 0.15) is 10.1 Å².